The SMILES string of the molecule is C[C@H](N)C(=O)N(C)C1CCCCCCC1.Cl. The summed E-state index contributed by atoms with van der Waals surface area (Å²) in [6, 6.07) is 0.0595. The van der Waals surface area contributed by atoms with Crippen molar-refractivity contribution in [1.82, 2.24) is 4.90 Å². The summed E-state index contributed by atoms with van der Waals surface area (Å²) in [5, 5.41) is 0. The van der Waals surface area contributed by atoms with Crippen LogP contribution < -0.4 is 5.73 Å². The third kappa shape index (κ3) is 4.71. The lowest BCUT2D eigenvalue weighted by Gasteiger charge is -2.30. The Morgan fingerprint density at radius 3 is 2.06 bits per heavy atom. The first kappa shape index (κ1) is 15.7. The number of nitrogens with zero attached hydrogens (tertiary/aromatic N) is 1. The number of nitrogens with two attached hydrogens (primary N) is 1. The van der Waals surface area contributed by atoms with Crippen molar-refractivity contribution >= 4 is 18.3 Å². The van der Waals surface area contributed by atoms with Crippen LogP contribution in [0.15, 0.2) is 0 Å². The minimum absolute atomic E-state index is 0. The second kappa shape index (κ2) is 7.91. The van der Waals surface area contributed by atoms with Crippen molar-refractivity contribution in [3.63, 3.8) is 0 Å². The predicted octanol–water partition coefficient (Wildman–Crippen LogP) is 2.33. The maximum absolute atomic E-state index is 11.7. The topological polar surface area (TPSA) is 46.3 Å². The molecule has 1 aliphatic rings. The molecule has 0 aromatic carbocycles. The van der Waals surface area contributed by atoms with Gasteiger partial charge in [-0.05, 0) is 19.8 Å². The van der Waals surface area contributed by atoms with E-state index in [1.165, 1.54) is 32.1 Å². The Bertz CT molecular complexity index is 201. The molecule has 1 aliphatic carbocycles. The molecule has 2 N–H and O–H groups in total. The first-order valence-electron chi connectivity index (χ1n) is 6.15. The molecule has 1 fully saturated rings. The van der Waals surface area contributed by atoms with E-state index in [-0.39, 0.29) is 24.4 Å². The van der Waals surface area contributed by atoms with Gasteiger partial charge in [-0.2, -0.15) is 0 Å². The largest absolute Gasteiger partial charge is 0.341 e. The zero-order valence-corrected chi connectivity index (χ0v) is 11.3. The number of hydrogen-bond acceptors (Lipinski definition) is 2. The van der Waals surface area contributed by atoms with Gasteiger partial charge in [-0.25, -0.2) is 0 Å². The molecule has 0 aromatic heterocycles. The molecule has 0 aromatic rings. The molecule has 0 bridgehead atoms. The number of amides is 1. The van der Waals surface area contributed by atoms with E-state index < -0.39 is 0 Å². The van der Waals surface area contributed by atoms with E-state index >= 15 is 0 Å². The number of carbonyl (C=O) groups is 1. The molecular weight excluding hydrogens is 224 g/mol. The molecule has 16 heavy (non-hydrogen) atoms. The van der Waals surface area contributed by atoms with Gasteiger partial charge in [0.25, 0.3) is 0 Å². The van der Waals surface area contributed by atoms with Crippen LogP contribution in [0.3, 0.4) is 0 Å². The molecular formula is C12H25ClN2O. The Morgan fingerprint density at radius 1 is 1.19 bits per heavy atom. The van der Waals surface area contributed by atoms with Crippen molar-refractivity contribution < 1.29 is 4.79 Å². The van der Waals surface area contributed by atoms with Crippen molar-refractivity contribution in [2.75, 3.05) is 7.05 Å². The second-order valence-corrected chi connectivity index (χ2v) is 4.74. The number of rotatable bonds is 2. The lowest BCUT2D eigenvalue weighted by molar-refractivity contribution is -0.133. The Labute approximate surface area is 105 Å². The summed E-state index contributed by atoms with van der Waals surface area (Å²) in [5.74, 6) is 0.0839. The van der Waals surface area contributed by atoms with Crippen LogP contribution in [0, 0.1) is 0 Å². The third-order valence-electron chi connectivity index (χ3n) is 3.36. The fourth-order valence-corrected chi connectivity index (χ4v) is 2.32. The van der Waals surface area contributed by atoms with E-state index in [1.54, 1.807) is 6.92 Å². The summed E-state index contributed by atoms with van der Waals surface area (Å²) in [7, 11) is 1.90. The molecule has 1 atom stereocenters. The maximum Gasteiger partial charge on any atom is 0.239 e. The quantitative estimate of drug-likeness (QED) is 0.815. The van der Waals surface area contributed by atoms with Crippen LogP contribution in [-0.2, 0) is 4.79 Å². The van der Waals surface area contributed by atoms with Gasteiger partial charge in [-0.1, -0.05) is 32.1 Å². The average molecular weight is 249 g/mol. The van der Waals surface area contributed by atoms with Crippen molar-refractivity contribution in [2.24, 2.45) is 5.73 Å². The zero-order chi connectivity index (χ0) is 11.3. The summed E-state index contributed by atoms with van der Waals surface area (Å²) in [6.07, 6.45) is 8.79. The lowest BCUT2D eigenvalue weighted by Crippen LogP contribution is -2.45. The van der Waals surface area contributed by atoms with E-state index in [9.17, 15) is 4.79 Å². The third-order valence-corrected chi connectivity index (χ3v) is 3.36. The Hall–Kier alpha value is -0.280. The molecule has 0 saturated heterocycles. The van der Waals surface area contributed by atoms with Crippen LogP contribution in [-0.4, -0.2) is 29.9 Å². The molecule has 0 radical (unpaired) electrons. The summed E-state index contributed by atoms with van der Waals surface area (Å²) < 4.78 is 0. The van der Waals surface area contributed by atoms with Crippen LogP contribution in [0.5, 0.6) is 0 Å². The van der Waals surface area contributed by atoms with E-state index in [0.717, 1.165) is 12.8 Å². The highest BCUT2D eigenvalue weighted by atomic mass is 35.5. The number of likely N-dealkylation sites (N-methyl/N-ethyl adjacent to an activating group) is 1. The Balaban J connectivity index is 0.00000225. The summed E-state index contributed by atoms with van der Waals surface area (Å²) >= 11 is 0. The normalized spacial score (nSPS) is 20.2. The highest BCUT2D eigenvalue weighted by Gasteiger charge is 2.22. The Kier molecular flexibility index (Phi) is 7.77. The molecule has 0 heterocycles. The van der Waals surface area contributed by atoms with Crippen LogP contribution in [0.1, 0.15) is 51.9 Å². The van der Waals surface area contributed by atoms with Gasteiger partial charge in [0.15, 0.2) is 0 Å². The van der Waals surface area contributed by atoms with Crippen LogP contribution in [0.4, 0.5) is 0 Å². The van der Waals surface area contributed by atoms with Gasteiger partial charge in [0.1, 0.15) is 0 Å². The van der Waals surface area contributed by atoms with Crippen molar-refractivity contribution in [1.29, 1.82) is 0 Å². The minimum atomic E-state index is -0.361. The summed E-state index contributed by atoms with van der Waals surface area (Å²) in [5.41, 5.74) is 5.62. The Morgan fingerprint density at radius 2 is 1.62 bits per heavy atom. The standard InChI is InChI=1S/C12H24N2O.ClH/c1-10(13)12(15)14(2)11-8-6-4-3-5-7-9-11;/h10-11H,3-9,13H2,1-2H3;1H/t10-;/m0./s1. The predicted molar refractivity (Wildman–Crippen MR) is 69.8 cm³/mol. The van der Waals surface area contributed by atoms with Gasteiger partial charge >= 0.3 is 0 Å². The van der Waals surface area contributed by atoms with Crippen LogP contribution >= 0.6 is 12.4 Å². The van der Waals surface area contributed by atoms with Crippen molar-refractivity contribution in [3.8, 4) is 0 Å². The first-order valence-corrected chi connectivity index (χ1v) is 6.15. The molecule has 96 valence electrons. The molecule has 1 amide bonds. The fraction of sp³-hybridized carbons (Fsp3) is 0.917. The fourth-order valence-electron chi connectivity index (χ4n) is 2.32. The van der Waals surface area contributed by atoms with Gasteiger partial charge in [-0.3, -0.25) is 4.79 Å². The highest BCUT2D eigenvalue weighted by molar-refractivity contribution is 5.85. The van der Waals surface area contributed by atoms with E-state index in [1.807, 2.05) is 11.9 Å². The molecule has 1 saturated carbocycles. The van der Waals surface area contributed by atoms with Gasteiger partial charge in [0.2, 0.25) is 5.91 Å². The van der Waals surface area contributed by atoms with E-state index in [4.69, 9.17) is 5.73 Å². The highest BCUT2D eigenvalue weighted by Crippen LogP contribution is 2.20. The molecule has 4 heteroatoms. The van der Waals surface area contributed by atoms with Crippen LogP contribution in [0.2, 0.25) is 0 Å². The van der Waals surface area contributed by atoms with Crippen molar-refractivity contribution in [2.45, 2.75) is 64.0 Å². The second-order valence-electron chi connectivity index (χ2n) is 4.74. The van der Waals surface area contributed by atoms with E-state index in [2.05, 4.69) is 0 Å². The molecule has 0 unspecified atom stereocenters. The molecule has 0 spiro atoms. The van der Waals surface area contributed by atoms with Crippen LogP contribution in [0.25, 0.3) is 0 Å². The number of hydrogen-bond donors (Lipinski definition) is 1. The van der Waals surface area contributed by atoms with Gasteiger partial charge in [0, 0.05) is 13.1 Å². The zero-order valence-electron chi connectivity index (χ0n) is 10.4. The molecule has 1 rings (SSSR count). The summed E-state index contributed by atoms with van der Waals surface area (Å²) in [4.78, 5) is 13.6. The first-order chi connectivity index (χ1) is 7.13. The number of halogens is 1. The summed E-state index contributed by atoms with van der Waals surface area (Å²) in [6.45, 7) is 1.77. The van der Waals surface area contributed by atoms with E-state index in [0.29, 0.717) is 6.04 Å². The van der Waals surface area contributed by atoms with Gasteiger partial charge in [-0.15, -0.1) is 12.4 Å². The average Bonchev–Trinajstić information content (AvgIpc) is 2.15. The molecule has 3 nitrogen and oxygen atoms in total. The monoisotopic (exact) mass is 248 g/mol. The number of carbonyl (C=O) groups excluding carboxylic acids is 1. The van der Waals surface area contributed by atoms with Gasteiger partial charge in [0.05, 0.1) is 6.04 Å². The minimum Gasteiger partial charge on any atom is -0.341 e. The maximum atomic E-state index is 11.7. The smallest absolute Gasteiger partial charge is 0.239 e. The lowest BCUT2D eigenvalue weighted by atomic mass is 9.95. The van der Waals surface area contributed by atoms with Gasteiger partial charge < -0.3 is 10.6 Å². The molecule has 0 aliphatic heterocycles. The van der Waals surface area contributed by atoms with Crippen molar-refractivity contribution in [3.05, 3.63) is 0 Å².